The third-order valence-corrected chi connectivity index (χ3v) is 4.35. The number of aromatic amines is 1. The van der Waals surface area contributed by atoms with Crippen molar-refractivity contribution in [2.24, 2.45) is 0 Å². The van der Waals surface area contributed by atoms with Crippen molar-refractivity contribution in [1.29, 1.82) is 0 Å². The molecule has 2 heterocycles. The van der Waals surface area contributed by atoms with Crippen molar-refractivity contribution in [3.8, 4) is 17.0 Å². The average molecular weight is 355 g/mol. The van der Waals surface area contributed by atoms with Crippen LogP contribution in [0.15, 0.2) is 22.7 Å². The summed E-state index contributed by atoms with van der Waals surface area (Å²) in [7, 11) is 4.66. The molecule has 3 aromatic rings. The molecule has 1 amide bonds. The van der Waals surface area contributed by atoms with E-state index in [1.807, 2.05) is 13.0 Å². The van der Waals surface area contributed by atoms with Gasteiger partial charge in [0.2, 0.25) is 0 Å². The molecule has 136 valence electrons. The van der Waals surface area contributed by atoms with Crippen molar-refractivity contribution in [3.63, 3.8) is 0 Å². The SMILES string of the molecule is CCc1noc(C)c1-c1[nH]c2ccc(OC)cc2c1C(=O)C(=O)N(C)C. The van der Waals surface area contributed by atoms with E-state index in [-0.39, 0.29) is 0 Å². The zero-order valence-corrected chi connectivity index (χ0v) is 15.5. The predicted molar refractivity (Wildman–Crippen MR) is 97.5 cm³/mol. The molecular formula is C19H21N3O4. The number of methoxy groups -OCH3 is 1. The fourth-order valence-electron chi connectivity index (χ4n) is 3.01. The quantitative estimate of drug-likeness (QED) is 0.561. The van der Waals surface area contributed by atoms with Gasteiger partial charge >= 0.3 is 0 Å². The van der Waals surface area contributed by atoms with Crippen LogP contribution in [0.3, 0.4) is 0 Å². The molecule has 1 N–H and O–H groups in total. The Morgan fingerprint density at radius 1 is 1.31 bits per heavy atom. The first-order valence-electron chi connectivity index (χ1n) is 8.30. The van der Waals surface area contributed by atoms with Crippen LogP contribution in [0.2, 0.25) is 0 Å². The number of aromatic nitrogens is 2. The number of H-pyrrole nitrogens is 1. The number of aryl methyl sites for hydroxylation is 2. The lowest BCUT2D eigenvalue weighted by molar-refractivity contribution is -0.124. The number of nitrogens with zero attached hydrogens (tertiary/aromatic N) is 2. The molecule has 0 radical (unpaired) electrons. The van der Waals surface area contributed by atoms with Gasteiger partial charge < -0.3 is 19.1 Å². The van der Waals surface area contributed by atoms with Crippen LogP contribution in [0.4, 0.5) is 0 Å². The van der Waals surface area contributed by atoms with E-state index in [1.54, 1.807) is 40.3 Å². The Labute approximate surface area is 150 Å². The second-order valence-corrected chi connectivity index (χ2v) is 6.23. The molecule has 0 spiro atoms. The second kappa shape index (κ2) is 6.67. The molecule has 0 saturated carbocycles. The lowest BCUT2D eigenvalue weighted by atomic mass is 9.99. The smallest absolute Gasteiger partial charge is 0.294 e. The number of amides is 1. The van der Waals surface area contributed by atoms with Gasteiger partial charge in [0.25, 0.3) is 11.7 Å². The van der Waals surface area contributed by atoms with Crippen molar-refractivity contribution in [3.05, 3.63) is 35.2 Å². The van der Waals surface area contributed by atoms with E-state index >= 15 is 0 Å². The summed E-state index contributed by atoms with van der Waals surface area (Å²) in [6, 6.07) is 5.37. The molecule has 7 heteroatoms. The Morgan fingerprint density at radius 3 is 2.65 bits per heavy atom. The lowest BCUT2D eigenvalue weighted by Gasteiger charge is -2.10. The molecule has 2 aromatic heterocycles. The summed E-state index contributed by atoms with van der Waals surface area (Å²) in [6.07, 6.45) is 0.640. The molecule has 0 saturated heterocycles. The summed E-state index contributed by atoms with van der Waals surface area (Å²) in [4.78, 5) is 29.9. The van der Waals surface area contributed by atoms with Crippen LogP contribution in [0, 0.1) is 6.92 Å². The molecule has 0 aliphatic carbocycles. The minimum Gasteiger partial charge on any atom is -0.497 e. The number of ether oxygens (including phenoxy) is 1. The third-order valence-electron chi connectivity index (χ3n) is 4.35. The molecule has 1 aromatic carbocycles. The molecule has 0 unspecified atom stereocenters. The number of Topliss-reactive ketones (excluding diaryl/α,β-unsaturated/α-hetero) is 1. The van der Waals surface area contributed by atoms with Crippen LogP contribution in [-0.2, 0) is 11.2 Å². The molecular weight excluding hydrogens is 334 g/mol. The monoisotopic (exact) mass is 355 g/mol. The Morgan fingerprint density at radius 2 is 2.04 bits per heavy atom. The van der Waals surface area contributed by atoms with Crippen molar-refractivity contribution in [2.45, 2.75) is 20.3 Å². The highest BCUT2D eigenvalue weighted by Crippen LogP contribution is 2.36. The minimum absolute atomic E-state index is 0.304. The van der Waals surface area contributed by atoms with E-state index in [2.05, 4.69) is 10.1 Å². The maximum absolute atomic E-state index is 13.0. The Balaban J connectivity index is 2.35. The third kappa shape index (κ3) is 2.75. The predicted octanol–water partition coefficient (Wildman–Crippen LogP) is 2.97. The first-order chi connectivity index (χ1) is 12.4. The van der Waals surface area contributed by atoms with Gasteiger partial charge in [0, 0.05) is 25.0 Å². The highest BCUT2D eigenvalue weighted by atomic mass is 16.5. The number of nitrogens with one attached hydrogen (secondary N) is 1. The Hall–Kier alpha value is -3.09. The van der Waals surface area contributed by atoms with Crippen LogP contribution in [0.5, 0.6) is 5.75 Å². The van der Waals surface area contributed by atoms with E-state index in [4.69, 9.17) is 9.26 Å². The highest BCUT2D eigenvalue weighted by molar-refractivity contribution is 6.46. The summed E-state index contributed by atoms with van der Waals surface area (Å²) in [5, 5.41) is 4.70. The molecule has 26 heavy (non-hydrogen) atoms. The van der Waals surface area contributed by atoms with Gasteiger partial charge in [-0.05, 0) is 31.5 Å². The second-order valence-electron chi connectivity index (χ2n) is 6.23. The molecule has 0 atom stereocenters. The van der Waals surface area contributed by atoms with Crippen molar-refractivity contribution in [1.82, 2.24) is 15.0 Å². The van der Waals surface area contributed by atoms with Crippen molar-refractivity contribution >= 4 is 22.6 Å². The first kappa shape index (κ1) is 17.7. The van der Waals surface area contributed by atoms with Gasteiger partial charge in [-0.2, -0.15) is 0 Å². The van der Waals surface area contributed by atoms with Gasteiger partial charge in [0.05, 0.1) is 29.6 Å². The topological polar surface area (TPSA) is 88.4 Å². The number of fused-ring (bicyclic) bond motifs is 1. The summed E-state index contributed by atoms with van der Waals surface area (Å²) in [5.41, 5.74) is 3.03. The van der Waals surface area contributed by atoms with Gasteiger partial charge in [0.1, 0.15) is 11.5 Å². The number of hydrogen-bond acceptors (Lipinski definition) is 5. The first-order valence-corrected chi connectivity index (χ1v) is 8.30. The fraction of sp³-hybridized carbons (Fsp3) is 0.316. The van der Waals surface area contributed by atoms with Crippen molar-refractivity contribution < 1.29 is 18.8 Å². The molecule has 7 nitrogen and oxygen atoms in total. The summed E-state index contributed by atoms with van der Waals surface area (Å²) >= 11 is 0. The number of ketones is 1. The number of carbonyl (C=O) groups excluding carboxylic acids is 2. The Bertz CT molecular complexity index is 998. The van der Waals surface area contributed by atoms with Crippen LogP contribution < -0.4 is 4.74 Å². The number of benzene rings is 1. The van der Waals surface area contributed by atoms with Crippen LogP contribution in [0.25, 0.3) is 22.2 Å². The fourth-order valence-corrected chi connectivity index (χ4v) is 3.01. The lowest BCUT2D eigenvalue weighted by Crippen LogP contribution is -2.30. The van der Waals surface area contributed by atoms with E-state index in [0.29, 0.717) is 34.6 Å². The Kier molecular flexibility index (Phi) is 4.54. The molecule has 0 aliphatic rings. The summed E-state index contributed by atoms with van der Waals surface area (Å²) in [5.74, 6) is 0.00756. The normalized spacial score (nSPS) is 11.0. The highest BCUT2D eigenvalue weighted by Gasteiger charge is 2.29. The zero-order chi connectivity index (χ0) is 19.0. The van der Waals surface area contributed by atoms with Gasteiger partial charge in [-0.25, -0.2) is 0 Å². The van der Waals surface area contributed by atoms with Crippen LogP contribution >= 0.6 is 0 Å². The number of rotatable bonds is 5. The van der Waals surface area contributed by atoms with Crippen LogP contribution in [0.1, 0.15) is 28.7 Å². The van der Waals surface area contributed by atoms with E-state index in [9.17, 15) is 9.59 Å². The van der Waals surface area contributed by atoms with Gasteiger partial charge in [-0.15, -0.1) is 0 Å². The van der Waals surface area contributed by atoms with Gasteiger partial charge in [-0.3, -0.25) is 9.59 Å². The van der Waals surface area contributed by atoms with Crippen LogP contribution in [-0.4, -0.2) is 47.9 Å². The zero-order valence-electron chi connectivity index (χ0n) is 15.5. The van der Waals surface area contributed by atoms with Gasteiger partial charge in [0.15, 0.2) is 0 Å². The van der Waals surface area contributed by atoms with Gasteiger partial charge in [-0.1, -0.05) is 12.1 Å². The summed E-state index contributed by atoms with van der Waals surface area (Å²) < 4.78 is 10.6. The number of likely N-dealkylation sites (N-methyl/N-ethyl adjacent to an activating group) is 1. The maximum Gasteiger partial charge on any atom is 0.294 e. The average Bonchev–Trinajstić information content (AvgIpc) is 3.18. The minimum atomic E-state index is -0.595. The van der Waals surface area contributed by atoms with Crippen molar-refractivity contribution in [2.75, 3.05) is 21.2 Å². The van der Waals surface area contributed by atoms with E-state index < -0.39 is 11.7 Å². The van der Waals surface area contributed by atoms with E-state index in [0.717, 1.165) is 16.8 Å². The molecule has 3 rings (SSSR count). The molecule has 0 fully saturated rings. The summed E-state index contributed by atoms with van der Waals surface area (Å²) in [6.45, 7) is 3.74. The number of carbonyl (C=O) groups is 2. The standard InChI is InChI=1S/C19H21N3O4/c1-6-13-15(10(2)26-21-13)17-16(18(23)19(24)22(3)4)12-9-11(25-5)7-8-14(12)20-17/h7-9,20H,6H2,1-5H3. The molecule has 0 bridgehead atoms. The number of hydrogen-bond donors (Lipinski definition) is 1. The molecule has 0 aliphatic heterocycles. The van der Waals surface area contributed by atoms with E-state index in [1.165, 1.54) is 4.90 Å². The maximum atomic E-state index is 13.0. The largest absolute Gasteiger partial charge is 0.497 e.